The van der Waals surface area contributed by atoms with Gasteiger partial charge >= 0.3 is 0 Å². The van der Waals surface area contributed by atoms with Crippen molar-refractivity contribution < 1.29 is 9.32 Å². The second-order valence-corrected chi connectivity index (χ2v) is 5.80. The summed E-state index contributed by atoms with van der Waals surface area (Å²) in [5, 5.41) is 6.80. The summed E-state index contributed by atoms with van der Waals surface area (Å²) in [7, 11) is 0. The summed E-state index contributed by atoms with van der Waals surface area (Å²) in [5.74, 6) is 0.928. The minimum atomic E-state index is -0.416. The standard InChI is InChI=1S/C13H20N2O2/c1-13(2,3)12(16)14-11-8-10(15-17-11)9-6-4-5-7-9/h8-9H,4-7H2,1-3H3,(H,14,16). The predicted octanol–water partition coefficient (Wildman–Crippen LogP) is 3.32. The summed E-state index contributed by atoms with van der Waals surface area (Å²) in [6.45, 7) is 5.61. The number of anilines is 1. The topological polar surface area (TPSA) is 55.1 Å². The zero-order valence-corrected chi connectivity index (χ0v) is 10.7. The van der Waals surface area contributed by atoms with E-state index in [0.717, 1.165) is 5.69 Å². The molecule has 0 saturated heterocycles. The summed E-state index contributed by atoms with van der Waals surface area (Å²) in [4.78, 5) is 11.8. The van der Waals surface area contributed by atoms with Gasteiger partial charge in [-0.3, -0.25) is 10.1 Å². The maximum absolute atomic E-state index is 11.8. The molecular weight excluding hydrogens is 216 g/mol. The van der Waals surface area contributed by atoms with Gasteiger partial charge in [-0.1, -0.05) is 38.8 Å². The molecule has 0 atom stereocenters. The number of rotatable bonds is 2. The van der Waals surface area contributed by atoms with E-state index in [0.29, 0.717) is 11.8 Å². The van der Waals surface area contributed by atoms with Gasteiger partial charge < -0.3 is 4.52 Å². The molecule has 1 saturated carbocycles. The van der Waals surface area contributed by atoms with Crippen molar-refractivity contribution in [1.82, 2.24) is 5.16 Å². The summed E-state index contributed by atoms with van der Waals surface area (Å²) in [6.07, 6.45) is 4.89. The molecule has 0 bridgehead atoms. The molecule has 1 N–H and O–H groups in total. The van der Waals surface area contributed by atoms with Gasteiger partial charge in [0.25, 0.3) is 0 Å². The number of hydrogen-bond acceptors (Lipinski definition) is 3. The minimum absolute atomic E-state index is 0.0494. The fourth-order valence-electron chi connectivity index (χ4n) is 2.06. The highest BCUT2D eigenvalue weighted by Gasteiger charge is 2.24. The molecule has 1 heterocycles. The first kappa shape index (κ1) is 12.1. The van der Waals surface area contributed by atoms with E-state index in [2.05, 4.69) is 10.5 Å². The molecule has 0 spiro atoms. The van der Waals surface area contributed by atoms with E-state index in [1.165, 1.54) is 25.7 Å². The fourth-order valence-corrected chi connectivity index (χ4v) is 2.06. The average Bonchev–Trinajstić information content (AvgIpc) is 2.83. The summed E-state index contributed by atoms with van der Waals surface area (Å²) < 4.78 is 5.16. The predicted molar refractivity (Wildman–Crippen MR) is 65.8 cm³/mol. The highest BCUT2D eigenvalue weighted by atomic mass is 16.5. The lowest BCUT2D eigenvalue weighted by molar-refractivity contribution is -0.123. The Morgan fingerprint density at radius 1 is 1.41 bits per heavy atom. The number of nitrogens with zero attached hydrogens (tertiary/aromatic N) is 1. The smallest absolute Gasteiger partial charge is 0.232 e. The van der Waals surface area contributed by atoms with E-state index in [4.69, 9.17) is 4.52 Å². The molecule has 17 heavy (non-hydrogen) atoms. The lowest BCUT2D eigenvalue weighted by Gasteiger charge is -2.15. The van der Waals surface area contributed by atoms with Crippen LogP contribution < -0.4 is 5.32 Å². The van der Waals surface area contributed by atoms with Crippen LogP contribution in [0.5, 0.6) is 0 Å². The van der Waals surface area contributed by atoms with Crippen molar-refractivity contribution in [3.8, 4) is 0 Å². The van der Waals surface area contributed by atoms with Crippen LogP contribution in [0.3, 0.4) is 0 Å². The van der Waals surface area contributed by atoms with E-state index >= 15 is 0 Å². The van der Waals surface area contributed by atoms with Crippen molar-refractivity contribution in [3.63, 3.8) is 0 Å². The first-order chi connectivity index (χ1) is 7.97. The van der Waals surface area contributed by atoms with Crippen LogP contribution in [0.4, 0.5) is 5.88 Å². The van der Waals surface area contributed by atoms with Crippen LogP contribution >= 0.6 is 0 Å². The molecule has 94 valence electrons. The van der Waals surface area contributed by atoms with E-state index in [1.807, 2.05) is 26.8 Å². The van der Waals surface area contributed by atoms with Gasteiger partial charge in [0.2, 0.25) is 11.8 Å². The Hall–Kier alpha value is -1.32. The third kappa shape index (κ3) is 2.87. The molecule has 4 heteroatoms. The van der Waals surface area contributed by atoms with Gasteiger partial charge in [-0.05, 0) is 12.8 Å². The van der Waals surface area contributed by atoms with Gasteiger partial charge in [0.15, 0.2) is 0 Å². The molecular formula is C13H20N2O2. The maximum atomic E-state index is 11.8. The zero-order chi connectivity index (χ0) is 12.5. The van der Waals surface area contributed by atoms with E-state index in [9.17, 15) is 4.79 Å². The number of aromatic nitrogens is 1. The summed E-state index contributed by atoms with van der Waals surface area (Å²) in [6, 6.07) is 1.86. The van der Waals surface area contributed by atoms with E-state index in [-0.39, 0.29) is 5.91 Å². The van der Waals surface area contributed by atoms with Crippen molar-refractivity contribution in [3.05, 3.63) is 11.8 Å². The first-order valence-electron chi connectivity index (χ1n) is 6.25. The van der Waals surface area contributed by atoms with E-state index < -0.39 is 5.41 Å². The number of nitrogens with one attached hydrogen (secondary N) is 1. The molecule has 1 aliphatic carbocycles. The Kier molecular flexibility index (Phi) is 3.22. The van der Waals surface area contributed by atoms with Crippen molar-refractivity contribution in [2.45, 2.75) is 52.4 Å². The minimum Gasteiger partial charge on any atom is -0.338 e. The zero-order valence-electron chi connectivity index (χ0n) is 10.7. The molecule has 0 aliphatic heterocycles. The highest BCUT2D eigenvalue weighted by molar-refractivity contribution is 5.93. The Bertz CT molecular complexity index is 398. The van der Waals surface area contributed by atoms with Crippen LogP contribution in [0.2, 0.25) is 0 Å². The van der Waals surface area contributed by atoms with Crippen LogP contribution in [0.25, 0.3) is 0 Å². The number of amides is 1. The Morgan fingerprint density at radius 2 is 2.06 bits per heavy atom. The third-order valence-electron chi connectivity index (χ3n) is 3.22. The maximum Gasteiger partial charge on any atom is 0.232 e. The van der Waals surface area contributed by atoms with Crippen LogP contribution in [0, 0.1) is 5.41 Å². The molecule has 0 aromatic carbocycles. The van der Waals surface area contributed by atoms with Crippen LogP contribution in [0.1, 0.15) is 58.1 Å². The molecule has 1 amide bonds. The Balaban J connectivity index is 2.01. The molecule has 2 rings (SSSR count). The highest BCUT2D eigenvalue weighted by Crippen LogP contribution is 2.34. The first-order valence-corrected chi connectivity index (χ1v) is 6.25. The fraction of sp³-hybridized carbons (Fsp3) is 0.692. The molecule has 1 aromatic heterocycles. The van der Waals surface area contributed by atoms with Crippen LogP contribution in [0.15, 0.2) is 10.6 Å². The monoisotopic (exact) mass is 236 g/mol. The second-order valence-electron chi connectivity index (χ2n) is 5.80. The lowest BCUT2D eigenvalue weighted by Crippen LogP contribution is -2.27. The molecule has 1 fully saturated rings. The second kappa shape index (κ2) is 4.51. The van der Waals surface area contributed by atoms with Gasteiger partial charge in [0.05, 0.1) is 5.69 Å². The average molecular weight is 236 g/mol. The quantitative estimate of drug-likeness (QED) is 0.857. The molecule has 4 nitrogen and oxygen atoms in total. The number of hydrogen-bond donors (Lipinski definition) is 1. The van der Waals surface area contributed by atoms with E-state index in [1.54, 1.807) is 0 Å². The molecule has 0 radical (unpaired) electrons. The van der Waals surface area contributed by atoms with Crippen LogP contribution in [-0.2, 0) is 4.79 Å². The van der Waals surface area contributed by atoms with Crippen molar-refractivity contribution in [2.24, 2.45) is 5.41 Å². The summed E-state index contributed by atoms with van der Waals surface area (Å²) >= 11 is 0. The Morgan fingerprint density at radius 3 is 2.65 bits per heavy atom. The van der Waals surface area contributed by atoms with Crippen molar-refractivity contribution in [1.29, 1.82) is 0 Å². The SMILES string of the molecule is CC(C)(C)C(=O)Nc1cc(C2CCCC2)no1. The molecule has 1 aromatic rings. The molecule has 0 unspecified atom stereocenters. The van der Waals surface area contributed by atoms with Gasteiger partial charge in [-0.25, -0.2) is 0 Å². The normalized spacial score (nSPS) is 17.4. The van der Waals surface area contributed by atoms with Gasteiger partial charge in [0.1, 0.15) is 0 Å². The number of carbonyl (C=O) groups is 1. The number of carbonyl (C=O) groups excluding carboxylic acids is 1. The van der Waals surface area contributed by atoms with Crippen molar-refractivity contribution in [2.75, 3.05) is 5.32 Å². The van der Waals surface area contributed by atoms with Gasteiger partial charge in [-0.2, -0.15) is 0 Å². The lowest BCUT2D eigenvalue weighted by atomic mass is 9.96. The van der Waals surface area contributed by atoms with Crippen molar-refractivity contribution >= 4 is 11.8 Å². The third-order valence-corrected chi connectivity index (χ3v) is 3.22. The molecule has 1 aliphatic rings. The summed E-state index contributed by atoms with van der Waals surface area (Å²) in [5.41, 5.74) is 0.562. The van der Waals surface area contributed by atoms with Gasteiger partial charge in [-0.15, -0.1) is 0 Å². The van der Waals surface area contributed by atoms with Crippen LogP contribution in [-0.4, -0.2) is 11.1 Å². The Labute approximate surface area is 102 Å². The largest absolute Gasteiger partial charge is 0.338 e. The van der Waals surface area contributed by atoms with Gasteiger partial charge in [0, 0.05) is 17.4 Å².